The number of benzene rings is 13. The molecule has 424 valence electrons. The van der Waals surface area contributed by atoms with Gasteiger partial charge in [-0.3, -0.25) is 0 Å². The molecule has 0 amide bonds. The number of fused-ring (bicyclic) bond motifs is 7. The summed E-state index contributed by atoms with van der Waals surface area (Å²) in [4.78, 5) is 16.6. The molecule has 2 aliphatic heterocycles. The third-order valence-corrected chi connectivity index (χ3v) is 18.4. The third-order valence-electron chi connectivity index (χ3n) is 18.4. The zero-order valence-corrected chi connectivity index (χ0v) is 51.0. The second-order valence-corrected chi connectivity index (χ2v) is 26.3. The molecule has 3 heterocycles. The van der Waals surface area contributed by atoms with Crippen molar-refractivity contribution in [1.82, 2.24) is 9.97 Å². The fourth-order valence-corrected chi connectivity index (χ4v) is 13.8. The molecule has 16 rings (SSSR count). The predicted octanol–water partition coefficient (Wildman–Crippen LogP) is 20.6. The van der Waals surface area contributed by atoms with E-state index in [1.54, 1.807) is 0 Å². The molecule has 14 aromatic rings. The Balaban J connectivity index is 1.07. The van der Waals surface area contributed by atoms with E-state index in [1.165, 1.54) is 49.1 Å². The molecule has 0 spiro atoms. The molecule has 0 saturated carbocycles. The van der Waals surface area contributed by atoms with Gasteiger partial charge in [-0.1, -0.05) is 248 Å². The van der Waals surface area contributed by atoms with Crippen LogP contribution >= 0.6 is 0 Å². The van der Waals surface area contributed by atoms with Gasteiger partial charge in [0.05, 0.1) is 11.2 Å². The normalized spacial score (nSPS) is 12.8. The Morgan fingerprint density at radius 3 is 1.07 bits per heavy atom. The highest BCUT2D eigenvalue weighted by molar-refractivity contribution is 7.00. The second kappa shape index (κ2) is 21.1. The third kappa shape index (κ3) is 9.57. The minimum absolute atomic E-state index is 0.111. The molecule has 0 aliphatic carbocycles. The molecular weight excluding hydrogens is 1080 g/mol. The molecular formula is C84H65BN4. The molecule has 5 heteroatoms. The van der Waals surface area contributed by atoms with Crippen LogP contribution in [-0.4, -0.2) is 16.7 Å². The molecule has 0 radical (unpaired) electrons. The summed E-state index contributed by atoms with van der Waals surface area (Å²) < 4.78 is 0. The topological polar surface area (TPSA) is 32.3 Å². The number of rotatable bonds is 8. The Bertz CT molecular complexity index is 4720. The Morgan fingerprint density at radius 2 is 0.663 bits per heavy atom. The van der Waals surface area contributed by atoms with Crippen molar-refractivity contribution < 1.29 is 0 Å². The van der Waals surface area contributed by atoms with Crippen LogP contribution in [0.1, 0.15) is 52.7 Å². The Hall–Kier alpha value is -10.6. The van der Waals surface area contributed by atoms with Gasteiger partial charge in [-0.05, 0) is 183 Å². The summed E-state index contributed by atoms with van der Waals surface area (Å²) in [5, 5.41) is 5.75. The van der Waals surface area contributed by atoms with Crippen LogP contribution in [0.3, 0.4) is 0 Å². The molecule has 89 heavy (non-hydrogen) atoms. The molecule has 2 aliphatic rings. The first kappa shape index (κ1) is 53.8. The first-order valence-electron chi connectivity index (χ1n) is 31.1. The van der Waals surface area contributed by atoms with Crippen LogP contribution in [0.2, 0.25) is 0 Å². The van der Waals surface area contributed by atoms with E-state index >= 15 is 0 Å². The van der Waals surface area contributed by atoms with Gasteiger partial charge in [0.1, 0.15) is 0 Å². The average molecular weight is 1140 g/mol. The van der Waals surface area contributed by atoms with E-state index in [1.807, 2.05) is 0 Å². The van der Waals surface area contributed by atoms with E-state index in [9.17, 15) is 0 Å². The van der Waals surface area contributed by atoms with Crippen molar-refractivity contribution >= 4 is 89.7 Å². The molecule has 1 aromatic heterocycles. The smallest absolute Gasteiger partial charge is 0.252 e. The van der Waals surface area contributed by atoms with E-state index in [-0.39, 0.29) is 17.5 Å². The zero-order chi connectivity index (χ0) is 60.1. The maximum Gasteiger partial charge on any atom is 0.252 e. The van der Waals surface area contributed by atoms with Gasteiger partial charge in [-0.2, -0.15) is 0 Å². The summed E-state index contributed by atoms with van der Waals surface area (Å²) in [6.07, 6.45) is 0. The monoisotopic (exact) mass is 1140 g/mol. The lowest BCUT2D eigenvalue weighted by atomic mass is 9.33. The Morgan fingerprint density at radius 1 is 0.292 bits per heavy atom. The van der Waals surface area contributed by atoms with Gasteiger partial charge in [-0.25, -0.2) is 9.97 Å². The summed E-state index contributed by atoms with van der Waals surface area (Å²) in [5.74, 6) is 0.702. The van der Waals surface area contributed by atoms with Gasteiger partial charge in [0.15, 0.2) is 5.82 Å². The Kier molecular flexibility index (Phi) is 12.7. The van der Waals surface area contributed by atoms with Crippen molar-refractivity contribution in [3.63, 3.8) is 0 Å². The number of nitrogens with zero attached hydrogens (tertiary/aromatic N) is 4. The van der Waals surface area contributed by atoms with Crippen LogP contribution in [0, 0.1) is 0 Å². The summed E-state index contributed by atoms with van der Waals surface area (Å²) in [6, 6.07) is 106. The summed E-state index contributed by atoms with van der Waals surface area (Å²) in [6.45, 7) is 13.6. The second-order valence-electron chi connectivity index (χ2n) is 26.3. The van der Waals surface area contributed by atoms with Crippen LogP contribution in [0.4, 0.5) is 34.1 Å². The summed E-state index contributed by atoms with van der Waals surface area (Å²) in [7, 11) is 0. The van der Waals surface area contributed by atoms with Crippen LogP contribution in [-0.2, 0) is 10.8 Å². The van der Waals surface area contributed by atoms with E-state index in [4.69, 9.17) is 9.97 Å². The minimum Gasteiger partial charge on any atom is -0.311 e. The van der Waals surface area contributed by atoms with Crippen LogP contribution in [0.5, 0.6) is 0 Å². The van der Waals surface area contributed by atoms with E-state index in [0.29, 0.717) is 5.82 Å². The molecule has 0 unspecified atom stereocenters. The van der Waals surface area contributed by atoms with Crippen molar-refractivity contribution in [3.05, 3.63) is 296 Å². The highest BCUT2D eigenvalue weighted by Gasteiger charge is 2.45. The fourth-order valence-electron chi connectivity index (χ4n) is 13.8. The largest absolute Gasteiger partial charge is 0.311 e. The van der Waals surface area contributed by atoms with Gasteiger partial charge >= 0.3 is 0 Å². The number of anilines is 6. The van der Waals surface area contributed by atoms with Gasteiger partial charge in [0, 0.05) is 50.6 Å². The Labute approximate surface area is 522 Å². The molecule has 0 fully saturated rings. The van der Waals surface area contributed by atoms with Crippen molar-refractivity contribution in [3.8, 4) is 67.2 Å². The SMILES string of the molecule is CC(C)(C)c1cc(-c2nc(-c3cc4c5c(c3)N(c3cc(-c6ccccc6)cc(-c6ccccc6)c3)c3cc6ccccc6cc3B5c3cc5ccccc5cc3N4c3cc(-c4ccccc4)cc(-c4ccccc4)c3)c3ccccc3n2)cc(C(C)(C)C)c1. The van der Waals surface area contributed by atoms with Crippen molar-refractivity contribution in [2.75, 3.05) is 9.80 Å². The van der Waals surface area contributed by atoms with Crippen LogP contribution in [0.15, 0.2) is 285 Å². The highest BCUT2D eigenvalue weighted by Crippen LogP contribution is 2.50. The molecule has 4 nitrogen and oxygen atoms in total. The number of para-hydroxylation sites is 1. The van der Waals surface area contributed by atoms with E-state index in [0.717, 1.165) is 106 Å². The van der Waals surface area contributed by atoms with Gasteiger partial charge < -0.3 is 9.80 Å². The highest BCUT2D eigenvalue weighted by atomic mass is 15.2. The van der Waals surface area contributed by atoms with E-state index < -0.39 is 0 Å². The molecule has 0 atom stereocenters. The number of hydrogen-bond acceptors (Lipinski definition) is 4. The summed E-state index contributed by atoms with van der Waals surface area (Å²) in [5.41, 5.74) is 25.5. The predicted molar refractivity (Wildman–Crippen MR) is 379 cm³/mol. The lowest BCUT2D eigenvalue weighted by Crippen LogP contribution is -2.61. The van der Waals surface area contributed by atoms with E-state index in [2.05, 4.69) is 336 Å². The average Bonchev–Trinajstić information content (AvgIpc) is 0.698. The van der Waals surface area contributed by atoms with Crippen molar-refractivity contribution in [2.24, 2.45) is 0 Å². The van der Waals surface area contributed by atoms with Gasteiger partial charge in [0.25, 0.3) is 6.71 Å². The fraction of sp³-hybridized carbons (Fsp3) is 0.0952. The number of hydrogen-bond donors (Lipinski definition) is 0. The minimum atomic E-state index is -0.175. The van der Waals surface area contributed by atoms with Crippen LogP contribution < -0.4 is 26.2 Å². The zero-order valence-electron chi connectivity index (χ0n) is 51.0. The quantitative estimate of drug-likeness (QED) is 0.142. The maximum atomic E-state index is 5.88. The van der Waals surface area contributed by atoms with Crippen LogP contribution in [0.25, 0.3) is 99.6 Å². The van der Waals surface area contributed by atoms with Crippen molar-refractivity contribution in [2.45, 2.75) is 52.4 Å². The number of aromatic nitrogens is 2. The molecule has 0 bridgehead atoms. The molecule has 0 N–H and O–H groups in total. The first-order chi connectivity index (χ1) is 43.3. The molecule has 13 aromatic carbocycles. The first-order valence-corrected chi connectivity index (χ1v) is 31.1. The molecule has 0 saturated heterocycles. The lowest BCUT2D eigenvalue weighted by Gasteiger charge is -2.45. The maximum absolute atomic E-state index is 5.88. The standard InChI is InChI=1S/C84H65BN4/c1-83(2,3)68-41-67(42-69(53-68)84(4,5)6)82-86-75-38-24-23-37-72(75)81(87-82)66-51-78-80-79(52-66)89(71-45-64(56-29-15-9-16-30-56)40-65(46-71)57-31-17-10-18-32-57)77-50-61-36-22-20-34-59(61)48-74(77)85(80)73-47-58-33-19-21-35-60(58)49-76(73)88(78)70-43-62(54-25-11-7-12-26-54)39-63(44-70)55-27-13-8-14-28-55/h7-53H,1-6H3. The van der Waals surface area contributed by atoms with Gasteiger partial charge in [0.2, 0.25) is 0 Å². The van der Waals surface area contributed by atoms with Gasteiger partial charge in [-0.15, -0.1) is 0 Å². The summed E-state index contributed by atoms with van der Waals surface area (Å²) >= 11 is 0. The van der Waals surface area contributed by atoms with Crippen molar-refractivity contribution in [1.29, 1.82) is 0 Å². The lowest BCUT2D eigenvalue weighted by molar-refractivity contribution is 0.569.